The van der Waals surface area contributed by atoms with Crippen molar-refractivity contribution in [3.8, 4) is 0 Å². The number of aliphatic hydroxyl groups excluding tert-OH is 1. The molecule has 0 radical (unpaired) electrons. The molecule has 0 aromatic carbocycles. The first-order valence-corrected chi connectivity index (χ1v) is 13.9. The predicted octanol–water partition coefficient (Wildman–Crippen LogP) is 7.38. The molecule has 0 unspecified atom stereocenters. The van der Waals surface area contributed by atoms with E-state index >= 15 is 0 Å². The van der Waals surface area contributed by atoms with Gasteiger partial charge in [-0.1, -0.05) is 67.7 Å². The SMILES string of the molecule is CC(C)CCC[C@@H](C)[C@H]1CC[C@@]2(C)[C@@]34CC[C@H]5[C@H](C)[C@@H](O)CC[C@]5(C)[C@]3(CC[C@]12C)O4. The van der Waals surface area contributed by atoms with E-state index < -0.39 is 0 Å². The summed E-state index contributed by atoms with van der Waals surface area (Å²) < 4.78 is 7.21. The molecule has 0 spiro atoms. The molecule has 0 aromatic rings. The smallest absolute Gasteiger partial charge is 0.104 e. The first-order valence-electron chi connectivity index (χ1n) is 13.9. The first-order chi connectivity index (χ1) is 14.5. The van der Waals surface area contributed by atoms with E-state index in [0.717, 1.165) is 30.6 Å². The Balaban J connectivity index is 1.42. The van der Waals surface area contributed by atoms with Gasteiger partial charge in [0.1, 0.15) is 11.2 Å². The van der Waals surface area contributed by atoms with Crippen molar-refractivity contribution in [3.63, 3.8) is 0 Å². The second-order valence-corrected chi connectivity index (χ2v) is 14.0. The van der Waals surface area contributed by atoms with E-state index in [4.69, 9.17) is 4.74 Å². The molecule has 31 heavy (non-hydrogen) atoms. The fraction of sp³-hybridized carbons (Fsp3) is 1.00. The lowest BCUT2D eigenvalue weighted by atomic mass is 9.39. The number of fused-ring (bicyclic) bond motifs is 2. The van der Waals surface area contributed by atoms with E-state index in [-0.39, 0.29) is 22.7 Å². The van der Waals surface area contributed by atoms with Gasteiger partial charge in [0, 0.05) is 10.8 Å². The zero-order chi connectivity index (χ0) is 22.4. The Morgan fingerprint density at radius 2 is 1.58 bits per heavy atom. The molecule has 1 N–H and O–H groups in total. The minimum atomic E-state index is -0.104. The van der Waals surface area contributed by atoms with E-state index in [1.54, 1.807) is 0 Å². The van der Waals surface area contributed by atoms with Crippen LogP contribution in [0.25, 0.3) is 0 Å². The average Bonchev–Trinajstić information content (AvgIpc) is 3.34. The molecular formula is C29H50O2. The molecule has 4 aliphatic carbocycles. The van der Waals surface area contributed by atoms with Gasteiger partial charge in [0.2, 0.25) is 0 Å². The zero-order valence-corrected chi connectivity index (χ0v) is 21.6. The van der Waals surface area contributed by atoms with Crippen LogP contribution in [0.2, 0.25) is 0 Å². The van der Waals surface area contributed by atoms with E-state index in [9.17, 15) is 5.11 Å². The highest BCUT2D eigenvalue weighted by atomic mass is 16.6. The Morgan fingerprint density at radius 3 is 2.29 bits per heavy atom. The van der Waals surface area contributed by atoms with Crippen LogP contribution in [0.3, 0.4) is 0 Å². The molecule has 1 heterocycles. The summed E-state index contributed by atoms with van der Waals surface area (Å²) in [6.45, 7) is 17.5. The van der Waals surface area contributed by atoms with Crippen molar-refractivity contribution in [2.45, 2.75) is 136 Å². The van der Waals surface area contributed by atoms with Crippen LogP contribution in [0.4, 0.5) is 0 Å². The normalized spacial score (nSPS) is 56.4. The van der Waals surface area contributed by atoms with E-state index in [2.05, 4.69) is 48.5 Å². The maximum Gasteiger partial charge on any atom is 0.104 e. The summed E-state index contributed by atoms with van der Waals surface area (Å²) in [6, 6.07) is 0. The summed E-state index contributed by atoms with van der Waals surface area (Å²) >= 11 is 0. The summed E-state index contributed by atoms with van der Waals surface area (Å²) in [5.74, 6) is 3.59. The second kappa shape index (κ2) is 6.97. The summed E-state index contributed by atoms with van der Waals surface area (Å²) in [4.78, 5) is 0. The molecule has 4 saturated carbocycles. The maximum absolute atomic E-state index is 10.6. The van der Waals surface area contributed by atoms with Crippen LogP contribution in [-0.4, -0.2) is 22.4 Å². The third kappa shape index (κ3) is 2.59. The Bertz CT molecular complexity index is 718. The summed E-state index contributed by atoms with van der Waals surface area (Å²) in [7, 11) is 0. The van der Waals surface area contributed by atoms with Gasteiger partial charge < -0.3 is 9.84 Å². The molecule has 10 atom stereocenters. The molecule has 2 heteroatoms. The van der Waals surface area contributed by atoms with Crippen LogP contribution in [0.15, 0.2) is 0 Å². The van der Waals surface area contributed by atoms with Gasteiger partial charge in [0.15, 0.2) is 0 Å². The van der Waals surface area contributed by atoms with Crippen LogP contribution < -0.4 is 0 Å². The highest BCUT2D eigenvalue weighted by Gasteiger charge is 2.89. The highest BCUT2D eigenvalue weighted by molar-refractivity contribution is 5.37. The number of aliphatic hydroxyl groups is 1. The van der Waals surface area contributed by atoms with Crippen LogP contribution >= 0.6 is 0 Å². The van der Waals surface area contributed by atoms with Crippen molar-refractivity contribution in [1.29, 1.82) is 0 Å². The predicted molar refractivity (Wildman–Crippen MR) is 128 cm³/mol. The Kier molecular flexibility index (Phi) is 5.10. The molecule has 0 amide bonds. The molecule has 1 aliphatic heterocycles. The van der Waals surface area contributed by atoms with Crippen molar-refractivity contribution >= 4 is 0 Å². The summed E-state index contributed by atoms with van der Waals surface area (Å²) in [5, 5.41) is 10.6. The molecule has 1 saturated heterocycles. The molecule has 5 aliphatic rings. The molecule has 0 aromatic heterocycles. The fourth-order valence-corrected chi connectivity index (χ4v) is 10.6. The Labute approximate surface area is 192 Å². The molecular weight excluding hydrogens is 380 g/mol. The van der Waals surface area contributed by atoms with Gasteiger partial charge in [0.25, 0.3) is 0 Å². The van der Waals surface area contributed by atoms with E-state index in [1.165, 1.54) is 57.8 Å². The Hall–Kier alpha value is -0.0800. The molecule has 2 nitrogen and oxygen atoms in total. The quantitative estimate of drug-likeness (QED) is 0.461. The molecule has 0 bridgehead atoms. The summed E-state index contributed by atoms with van der Waals surface area (Å²) in [5.41, 5.74) is 1.22. The van der Waals surface area contributed by atoms with Gasteiger partial charge >= 0.3 is 0 Å². The van der Waals surface area contributed by atoms with Gasteiger partial charge in [-0.25, -0.2) is 0 Å². The number of hydrogen-bond donors (Lipinski definition) is 1. The Morgan fingerprint density at radius 1 is 0.839 bits per heavy atom. The van der Waals surface area contributed by atoms with E-state index in [0.29, 0.717) is 22.7 Å². The van der Waals surface area contributed by atoms with Gasteiger partial charge in [-0.2, -0.15) is 0 Å². The number of rotatable bonds is 5. The third-order valence-corrected chi connectivity index (χ3v) is 12.8. The lowest BCUT2D eigenvalue weighted by Crippen LogP contribution is -2.64. The van der Waals surface area contributed by atoms with Crippen LogP contribution in [-0.2, 0) is 4.74 Å². The average molecular weight is 431 g/mol. The van der Waals surface area contributed by atoms with Crippen LogP contribution in [0, 0.1) is 45.8 Å². The number of ether oxygens (including phenoxy) is 1. The second-order valence-electron chi connectivity index (χ2n) is 14.0. The summed E-state index contributed by atoms with van der Waals surface area (Å²) in [6.07, 6.45) is 14.1. The minimum Gasteiger partial charge on any atom is -0.393 e. The van der Waals surface area contributed by atoms with Crippen LogP contribution in [0.1, 0.15) is 119 Å². The van der Waals surface area contributed by atoms with Crippen molar-refractivity contribution in [2.75, 3.05) is 0 Å². The number of hydrogen-bond acceptors (Lipinski definition) is 2. The van der Waals surface area contributed by atoms with Gasteiger partial charge in [-0.05, 0) is 86.4 Å². The largest absolute Gasteiger partial charge is 0.393 e. The molecule has 5 rings (SSSR count). The van der Waals surface area contributed by atoms with Crippen molar-refractivity contribution < 1.29 is 9.84 Å². The topological polar surface area (TPSA) is 32.8 Å². The third-order valence-electron chi connectivity index (χ3n) is 12.8. The van der Waals surface area contributed by atoms with Gasteiger partial charge in [0.05, 0.1) is 6.10 Å². The molecule has 178 valence electrons. The van der Waals surface area contributed by atoms with E-state index in [1.807, 2.05) is 0 Å². The monoisotopic (exact) mass is 430 g/mol. The minimum absolute atomic E-state index is 0.0986. The lowest BCUT2D eigenvalue weighted by Gasteiger charge is -2.62. The first kappa shape index (κ1) is 22.7. The van der Waals surface area contributed by atoms with Crippen LogP contribution in [0.5, 0.6) is 0 Å². The maximum atomic E-state index is 10.6. The number of epoxide rings is 1. The standard InChI is InChI=1S/C29H50O2/c1-19(2)9-8-10-20(3)22-11-15-27(7)25(22,5)17-18-28-26(6)14-13-24(30)21(4)23(26)12-16-29(27,28)31-28/h19-24,30H,8-18H2,1-7H3/t20-,21+,22-,23+,24+,25-,26+,27-,28+,29+/m1/s1. The van der Waals surface area contributed by atoms with Gasteiger partial charge in [-0.15, -0.1) is 0 Å². The zero-order valence-electron chi connectivity index (χ0n) is 21.6. The lowest BCUT2D eigenvalue weighted by molar-refractivity contribution is -0.126. The van der Waals surface area contributed by atoms with Gasteiger partial charge in [-0.3, -0.25) is 0 Å². The van der Waals surface area contributed by atoms with Crippen molar-refractivity contribution in [1.82, 2.24) is 0 Å². The highest BCUT2D eigenvalue weighted by Crippen LogP contribution is 2.85. The fourth-order valence-electron chi connectivity index (χ4n) is 10.6. The van der Waals surface area contributed by atoms with Crippen molar-refractivity contribution in [2.24, 2.45) is 45.8 Å². The molecule has 5 fully saturated rings. The van der Waals surface area contributed by atoms with Crippen molar-refractivity contribution in [3.05, 3.63) is 0 Å².